The Morgan fingerprint density at radius 1 is 1.00 bits per heavy atom. The van der Waals surface area contributed by atoms with Gasteiger partial charge in [0.15, 0.2) is 29.6 Å². The fourth-order valence-electron chi connectivity index (χ4n) is 3.48. The fraction of sp³-hybridized carbons (Fsp3) is 0.185. The minimum absolute atomic E-state index is 0.131. The van der Waals surface area contributed by atoms with Crippen LogP contribution in [0.3, 0.4) is 0 Å². The van der Waals surface area contributed by atoms with Gasteiger partial charge in [0.1, 0.15) is 0 Å². The molecule has 4 rings (SSSR count). The van der Waals surface area contributed by atoms with Gasteiger partial charge in [-0.2, -0.15) is 5.10 Å². The summed E-state index contributed by atoms with van der Waals surface area (Å²) in [5.74, 6) is -0.173. The Morgan fingerprint density at radius 3 is 2.62 bits per heavy atom. The molecule has 0 aromatic heterocycles. The van der Waals surface area contributed by atoms with E-state index in [9.17, 15) is 14.4 Å². The van der Waals surface area contributed by atoms with Gasteiger partial charge < -0.3 is 29.6 Å². The highest BCUT2D eigenvalue weighted by Crippen LogP contribution is 2.32. The van der Waals surface area contributed by atoms with Gasteiger partial charge in [-0.1, -0.05) is 22.0 Å². The molecular weight excluding hydrogens is 572 g/mol. The van der Waals surface area contributed by atoms with Gasteiger partial charge in [-0.15, -0.1) is 0 Å². The number of carbonyl (C=O) groups excluding carboxylic acids is 3. The maximum atomic E-state index is 12.3. The summed E-state index contributed by atoms with van der Waals surface area (Å²) in [6, 6.07) is 15.6. The average molecular weight is 597 g/mol. The largest absolute Gasteiger partial charge is 0.493 e. The molecule has 0 aliphatic carbocycles. The third-order valence-corrected chi connectivity index (χ3v) is 6.35. The second-order valence-electron chi connectivity index (χ2n) is 8.28. The molecule has 0 saturated heterocycles. The van der Waals surface area contributed by atoms with Gasteiger partial charge in [-0.3, -0.25) is 14.4 Å². The van der Waals surface area contributed by atoms with E-state index in [0.717, 1.165) is 15.6 Å². The van der Waals surface area contributed by atoms with E-state index in [1.807, 2.05) is 19.1 Å². The summed E-state index contributed by atoms with van der Waals surface area (Å²) in [6.07, 6.45) is 1.35. The number of rotatable bonds is 9. The first-order valence-corrected chi connectivity index (χ1v) is 12.5. The third kappa shape index (κ3) is 7.48. The van der Waals surface area contributed by atoms with Crippen LogP contribution >= 0.6 is 15.9 Å². The second-order valence-corrected chi connectivity index (χ2v) is 9.13. The molecule has 0 spiro atoms. The molecule has 12 heteroatoms. The molecule has 0 saturated carbocycles. The number of aryl methyl sites for hydroxylation is 1. The zero-order valence-electron chi connectivity index (χ0n) is 21.1. The van der Waals surface area contributed by atoms with E-state index in [2.05, 4.69) is 37.1 Å². The number of anilines is 1. The lowest BCUT2D eigenvalue weighted by molar-refractivity contribution is -0.139. The van der Waals surface area contributed by atoms with Crippen LogP contribution in [-0.4, -0.2) is 44.4 Å². The van der Waals surface area contributed by atoms with Crippen LogP contribution in [0.2, 0.25) is 0 Å². The summed E-state index contributed by atoms with van der Waals surface area (Å²) in [5, 5.41) is 9.11. The normalized spacial score (nSPS) is 11.7. The predicted molar refractivity (Wildman–Crippen MR) is 146 cm³/mol. The number of carbonyl (C=O) groups is 3. The lowest BCUT2D eigenvalue weighted by Crippen LogP contribution is -2.37. The Morgan fingerprint density at radius 2 is 1.82 bits per heavy atom. The van der Waals surface area contributed by atoms with Crippen molar-refractivity contribution in [2.45, 2.75) is 13.5 Å². The number of ether oxygens (including phenoxy) is 4. The topological polar surface area (TPSA) is 137 Å². The van der Waals surface area contributed by atoms with Gasteiger partial charge in [0.25, 0.3) is 5.91 Å². The number of hydrazone groups is 1. The highest BCUT2D eigenvalue weighted by molar-refractivity contribution is 9.10. The Balaban J connectivity index is 1.25. The van der Waals surface area contributed by atoms with Crippen LogP contribution in [0.15, 0.2) is 64.2 Å². The van der Waals surface area contributed by atoms with Crippen molar-refractivity contribution < 1.29 is 33.3 Å². The summed E-state index contributed by atoms with van der Waals surface area (Å²) in [5.41, 5.74) is 5.14. The van der Waals surface area contributed by atoms with E-state index >= 15 is 0 Å². The molecule has 202 valence electrons. The number of methoxy groups -OCH3 is 1. The van der Waals surface area contributed by atoms with Crippen LogP contribution < -0.4 is 35.0 Å². The van der Waals surface area contributed by atoms with Gasteiger partial charge in [0, 0.05) is 16.7 Å². The number of hydrogen-bond donors (Lipinski definition) is 3. The monoisotopic (exact) mass is 596 g/mol. The number of benzene rings is 3. The smallest absolute Gasteiger partial charge is 0.329 e. The summed E-state index contributed by atoms with van der Waals surface area (Å²) in [4.78, 5) is 36.4. The van der Waals surface area contributed by atoms with Gasteiger partial charge in [-0.05, 0) is 72.1 Å². The molecule has 1 aliphatic rings. The van der Waals surface area contributed by atoms with Gasteiger partial charge in [-0.25, -0.2) is 5.43 Å². The highest BCUT2D eigenvalue weighted by Gasteiger charge is 2.16. The van der Waals surface area contributed by atoms with Crippen molar-refractivity contribution in [1.29, 1.82) is 0 Å². The van der Waals surface area contributed by atoms with Gasteiger partial charge in [0.2, 0.25) is 6.79 Å². The summed E-state index contributed by atoms with van der Waals surface area (Å²) >= 11 is 3.42. The van der Waals surface area contributed by atoms with Crippen molar-refractivity contribution in [3.8, 4) is 23.0 Å². The summed E-state index contributed by atoms with van der Waals surface area (Å²) in [6.45, 7) is 1.98. The Bertz CT molecular complexity index is 1430. The highest BCUT2D eigenvalue weighted by atomic mass is 79.9. The quantitative estimate of drug-likeness (QED) is 0.196. The SMILES string of the molecule is COc1cc(/C=N\NC(=O)C(=O)NCc2ccc3c(c2)OCO3)ccc1OCC(=O)Nc1ccc(Br)c(C)c1. The van der Waals surface area contributed by atoms with E-state index in [0.29, 0.717) is 34.2 Å². The van der Waals surface area contributed by atoms with Crippen molar-refractivity contribution in [2.75, 3.05) is 25.8 Å². The molecule has 3 amide bonds. The first kappa shape index (κ1) is 27.5. The molecular formula is C27H25BrN4O7. The molecule has 39 heavy (non-hydrogen) atoms. The maximum absolute atomic E-state index is 12.3. The first-order valence-electron chi connectivity index (χ1n) is 11.7. The van der Waals surface area contributed by atoms with Crippen molar-refractivity contribution >= 4 is 45.6 Å². The lowest BCUT2D eigenvalue weighted by atomic mass is 10.2. The van der Waals surface area contributed by atoms with Crippen molar-refractivity contribution in [1.82, 2.24) is 10.7 Å². The van der Waals surface area contributed by atoms with E-state index in [4.69, 9.17) is 18.9 Å². The molecule has 11 nitrogen and oxygen atoms in total. The van der Waals surface area contributed by atoms with E-state index < -0.39 is 11.8 Å². The molecule has 0 radical (unpaired) electrons. The Kier molecular flexibility index (Phi) is 9.00. The fourth-order valence-corrected chi connectivity index (χ4v) is 3.72. The third-order valence-electron chi connectivity index (χ3n) is 5.46. The number of fused-ring (bicyclic) bond motifs is 1. The standard InChI is InChI=1S/C27H25BrN4O7/c1-16-9-19(5-6-20(16)28)31-25(33)14-37-21-7-4-18(10-23(21)36-2)13-30-32-27(35)26(34)29-12-17-3-8-22-24(11-17)39-15-38-22/h3-11,13H,12,14-15H2,1-2H3,(H,29,34)(H,31,33)(H,32,35)/b30-13-. The number of hydrogen-bond acceptors (Lipinski definition) is 8. The first-order chi connectivity index (χ1) is 18.8. The van der Waals surface area contributed by atoms with Gasteiger partial charge >= 0.3 is 11.8 Å². The molecule has 0 fully saturated rings. The zero-order valence-corrected chi connectivity index (χ0v) is 22.7. The maximum Gasteiger partial charge on any atom is 0.329 e. The number of nitrogens with zero attached hydrogens (tertiary/aromatic N) is 1. The average Bonchev–Trinajstić information content (AvgIpc) is 3.41. The van der Waals surface area contributed by atoms with Crippen LogP contribution in [0.25, 0.3) is 0 Å². The molecule has 1 aliphatic heterocycles. The molecule has 0 atom stereocenters. The molecule has 3 N–H and O–H groups in total. The minimum Gasteiger partial charge on any atom is -0.493 e. The van der Waals surface area contributed by atoms with Crippen LogP contribution in [-0.2, 0) is 20.9 Å². The van der Waals surface area contributed by atoms with Crippen LogP contribution in [0.1, 0.15) is 16.7 Å². The van der Waals surface area contributed by atoms with Crippen molar-refractivity contribution in [3.05, 3.63) is 75.8 Å². The molecule has 1 heterocycles. The van der Waals surface area contributed by atoms with E-state index in [1.165, 1.54) is 13.3 Å². The Hall–Kier alpha value is -4.58. The second kappa shape index (κ2) is 12.8. The van der Waals surface area contributed by atoms with Crippen molar-refractivity contribution in [3.63, 3.8) is 0 Å². The number of halogens is 1. The molecule has 3 aromatic carbocycles. The molecule has 3 aromatic rings. The van der Waals surface area contributed by atoms with E-state index in [-0.39, 0.29) is 25.9 Å². The molecule has 0 bridgehead atoms. The van der Waals surface area contributed by atoms with Gasteiger partial charge in [0.05, 0.1) is 13.3 Å². The minimum atomic E-state index is -0.925. The summed E-state index contributed by atoms with van der Waals surface area (Å²) < 4.78 is 22.4. The van der Waals surface area contributed by atoms with Crippen molar-refractivity contribution in [2.24, 2.45) is 5.10 Å². The van der Waals surface area contributed by atoms with Crippen LogP contribution in [0, 0.1) is 6.92 Å². The summed E-state index contributed by atoms with van der Waals surface area (Å²) in [7, 11) is 1.46. The lowest BCUT2D eigenvalue weighted by Gasteiger charge is -2.12. The predicted octanol–water partition coefficient (Wildman–Crippen LogP) is 3.28. The molecule has 0 unspecified atom stereocenters. The zero-order chi connectivity index (χ0) is 27.8. The van der Waals surface area contributed by atoms with Crippen LogP contribution in [0.4, 0.5) is 5.69 Å². The van der Waals surface area contributed by atoms with E-state index in [1.54, 1.807) is 42.5 Å². The number of nitrogens with one attached hydrogen (secondary N) is 3. The number of amides is 3. The Labute approximate surface area is 232 Å². The van der Waals surface area contributed by atoms with Crippen LogP contribution in [0.5, 0.6) is 23.0 Å².